The molecule has 1 unspecified atom stereocenters. The summed E-state index contributed by atoms with van der Waals surface area (Å²) in [6.45, 7) is 2.89. The summed E-state index contributed by atoms with van der Waals surface area (Å²) in [7, 11) is 0. The largest absolute Gasteiger partial charge is 0.334 e. The first-order valence-electron chi connectivity index (χ1n) is 9.26. The van der Waals surface area contributed by atoms with Crippen LogP contribution in [0.4, 0.5) is 14.9 Å². The Morgan fingerprint density at radius 2 is 1.89 bits per heavy atom. The van der Waals surface area contributed by atoms with Crippen molar-refractivity contribution in [3.05, 3.63) is 65.5 Å². The molecule has 2 aromatic rings. The maximum absolute atomic E-state index is 13.0. The van der Waals surface area contributed by atoms with Crippen molar-refractivity contribution in [2.24, 2.45) is 0 Å². The number of hydrogen-bond donors (Lipinski definition) is 2. The second-order valence-corrected chi connectivity index (χ2v) is 6.66. The first-order chi connectivity index (χ1) is 13.1. The number of fused-ring (bicyclic) bond motifs is 1. The van der Waals surface area contributed by atoms with Crippen molar-refractivity contribution < 1.29 is 14.0 Å². The SMILES string of the molecule is CCCC(NC(=O)NCc1ccc(F)cc1)C(=O)N1CCc2ccccc21. The summed E-state index contributed by atoms with van der Waals surface area (Å²) in [5, 5.41) is 5.52. The number of carbonyl (C=O) groups excluding carboxylic acids is 2. The average molecular weight is 369 g/mol. The number of carbonyl (C=O) groups is 2. The van der Waals surface area contributed by atoms with Crippen molar-refractivity contribution in [1.82, 2.24) is 10.6 Å². The summed E-state index contributed by atoms with van der Waals surface area (Å²) in [6.07, 6.45) is 2.18. The number of hydrogen-bond acceptors (Lipinski definition) is 2. The van der Waals surface area contributed by atoms with Gasteiger partial charge in [-0.3, -0.25) is 4.79 Å². The molecule has 0 radical (unpaired) electrons. The molecule has 3 amide bonds. The molecule has 5 nitrogen and oxygen atoms in total. The molecule has 2 N–H and O–H groups in total. The normalized spacial score (nSPS) is 13.8. The fourth-order valence-corrected chi connectivity index (χ4v) is 3.30. The summed E-state index contributed by atoms with van der Waals surface area (Å²) >= 11 is 0. The van der Waals surface area contributed by atoms with Gasteiger partial charge in [-0.05, 0) is 42.2 Å². The maximum atomic E-state index is 13.0. The highest BCUT2D eigenvalue weighted by Crippen LogP contribution is 2.28. The number of nitrogens with one attached hydrogen (secondary N) is 2. The minimum Gasteiger partial charge on any atom is -0.334 e. The lowest BCUT2D eigenvalue weighted by Crippen LogP contribution is -2.51. The molecule has 1 aliphatic heterocycles. The molecule has 0 saturated carbocycles. The molecule has 0 aliphatic carbocycles. The van der Waals surface area contributed by atoms with Gasteiger partial charge in [0.25, 0.3) is 0 Å². The Morgan fingerprint density at radius 3 is 2.63 bits per heavy atom. The van der Waals surface area contributed by atoms with Crippen LogP contribution < -0.4 is 15.5 Å². The lowest BCUT2D eigenvalue weighted by atomic mass is 10.1. The second kappa shape index (κ2) is 8.66. The molecule has 0 saturated heterocycles. The van der Waals surface area contributed by atoms with Crippen molar-refractivity contribution in [3.63, 3.8) is 0 Å². The first-order valence-corrected chi connectivity index (χ1v) is 9.26. The predicted octanol–water partition coefficient (Wildman–Crippen LogP) is 3.38. The zero-order valence-electron chi connectivity index (χ0n) is 15.4. The minimum atomic E-state index is -0.575. The smallest absolute Gasteiger partial charge is 0.315 e. The summed E-state index contributed by atoms with van der Waals surface area (Å²) in [4.78, 5) is 27.0. The van der Waals surface area contributed by atoms with Crippen LogP contribution in [0, 0.1) is 5.82 Å². The lowest BCUT2D eigenvalue weighted by Gasteiger charge is -2.25. The van der Waals surface area contributed by atoms with Crippen LogP contribution in [-0.2, 0) is 17.8 Å². The minimum absolute atomic E-state index is 0.0845. The Bertz CT molecular complexity index is 807. The van der Waals surface area contributed by atoms with Crippen LogP contribution in [0.3, 0.4) is 0 Å². The zero-order chi connectivity index (χ0) is 19.2. The van der Waals surface area contributed by atoms with Gasteiger partial charge in [-0.25, -0.2) is 9.18 Å². The highest BCUT2D eigenvalue weighted by atomic mass is 19.1. The van der Waals surface area contributed by atoms with E-state index in [1.54, 1.807) is 17.0 Å². The molecule has 0 aromatic heterocycles. The van der Waals surface area contributed by atoms with Crippen molar-refractivity contribution in [2.45, 2.75) is 38.8 Å². The highest BCUT2D eigenvalue weighted by Gasteiger charge is 2.30. The number of rotatable bonds is 6. The summed E-state index contributed by atoms with van der Waals surface area (Å²) < 4.78 is 12.9. The Labute approximate surface area is 158 Å². The fraction of sp³-hybridized carbons (Fsp3) is 0.333. The van der Waals surface area contributed by atoms with Crippen molar-refractivity contribution >= 4 is 17.6 Å². The van der Waals surface area contributed by atoms with Gasteiger partial charge in [-0.15, -0.1) is 0 Å². The van der Waals surface area contributed by atoms with E-state index in [-0.39, 0.29) is 18.3 Å². The van der Waals surface area contributed by atoms with E-state index in [4.69, 9.17) is 0 Å². The fourth-order valence-electron chi connectivity index (χ4n) is 3.30. The molecular formula is C21H24FN3O2. The molecule has 1 atom stereocenters. The lowest BCUT2D eigenvalue weighted by molar-refractivity contribution is -0.120. The van der Waals surface area contributed by atoms with Crippen LogP contribution in [0.15, 0.2) is 48.5 Å². The molecule has 1 aliphatic rings. The molecular weight excluding hydrogens is 345 g/mol. The monoisotopic (exact) mass is 369 g/mol. The van der Waals surface area contributed by atoms with Crippen LogP contribution in [0.1, 0.15) is 30.9 Å². The molecule has 2 aromatic carbocycles. The van der Waals surface area contributed by atoms with E-state index < -0.39 is 12.1 Å². The third kappa shape index (κ3) is 4.64. The third-order valence-electron chi connectivity index (χ3n) is 4.70. The van der Waals surface area contributed by atoms with E-state index in [9.17, 15) is 14.0 Å². The van der Waals surface area contributed by atoms with E-state index in [2.05, 4.69) is 10.6 Å². The van der Waals surface area contributed by atoms with Gasteiger partial charge in [0.1, 0.15) is 11.9 Å². The van der Waals surface area contributed by atoms with E-state index in [0.717, 1.165) is 29.7 Å². The van der Waals surface area contributed by atoms with Crippen LogP contribution >= 0.6 is 0 Å². The second-order valence-electron chi connectivity index (χ2n) is 6.66. The van der Waals surface area contributed by atoms with Crippen molar-refractivity contribution in [3.8, 4) is 0 Å². The first kappa shape index (κ1) is 18.9. The quantitative estimate of drug-likeness (QED) is 0.820. The van der Waals surface area contributed by atoms with E-state index in [1.165, 1.54) is 12.1 Å². The Hall–Kier alpha value is -2.89. The maximum Gasteiger partial charge on any atom is 0.315 e. The molecule has 3 rings (SSSR count). The molecule has 0 spiro atoms. The van der Waals surface area contributed by atoms with Gasteiger partial charge in [0.05, 0.1) is 0 Å². The number of benzene rings is 2. The van der Waals surface area contributed by atoms with Crippen LogP contribution in [0.25, 0.3) is 0 Å². The Morgan fingerprint density at radius 1 is 1.15 bits per heavy atom. The molecule has 142 valence electrons. The number of nitrogens with zero attached hydrogens (tertiary/aromatic N) is 1. The number of halogens is 1. The molecule has 6 heteroatoms. The van der Waals surface area contributed by atoms with E-state index in [0.29, 0.717) is 13.0 Å². The van der Waals surface area contributed by atoms with Gasteiger partial charge < -0.3 is 15.5 Å². The molecule has 1 heterocycles. The number of urea groups is 1. The highest BCUT2D eigenvalue weighted by molar-refractivity contribution is 6.00. The molecule has 0 fully saturated rings. The van der Waals surface area contributed by atoms with Gasteiger partial charge in [-0.2, -0.15) is 0 Å². The molecule has 0 bridgehead atoms. The predicted molar refractivity (Wildman–Crippen MR) is 103 cm³/mol. The van der Waals surface area contributed by atoms with Gasteiger partial charge in [-0.1, -0.05) is 43.7 Å². The third-order valence-corrected chi connectivity index (χ3v) is 4.70. The van der Waals surface area contributed by atoms with Crippen molar-refractivity contribution in [1.29, 1.82) is 0 Å². The standard InChI is InChI=1S/C21H24FN3O2/c1-2-5-18(20(26)25-13-12-16-6-3-4-7-19(16)25)24-21(27)23-14-15-8-10-17(22)11-9-15/h3-4,6-11,18H,2,5,12-14H2,1H3,(H2,23,24,27). The average Bonchev–Trinajstić information content (AvgIpc) is 3.11. The Balaban J connectivity index is 1.60. The van der Waals surface area contributed by atoms with Gasteiger partial charge in [0.15, 0.2) is 0 Å². The zero-order valence-corrected chi connectivity index (χ0v) is 15.4. The summed E-state index contributed by atoms with van der Waals surface area (Å²) in [5.74, 6) is -0.401. The topological polar surface area (TPSA) is 61.4 Å². The number of para-hydroxylation sites is 1. The van der Waals surface area contributed by atoms with Gasteiger partial charge >= 0.3 is 6.03 Å². The number of amides is 3. The van der Waals surface area contributed by atoms with E-state index in [1.807, 2.05) is 31.2 Å². The summed E-state index contributed by atoms with van der Waals surface area (Å²) in [6, 6.07) is 12.8. The van der Waals surface area contributed by atoms with Crippen LogP contribution in [0.2, 0.25) is 0 Å². The van der Waals surface area contributed by atoms with E-state index >= 15 is 0 Å². The summed E-state index contributed by atoms with van der Waals surface area (Å²) in [5.41, 5.74) is 2.87. The Kier molecular flexibility index (Phi) is 6.06. The number of anilines is 1. The van der Waals surface area contributed by atoms with Gasteiger partial charge in [0.2, 0.25) is 5.91 Å². The molecule has 27 heavy (non-hydrogen) atoms. The van der Waals surface area contributed by atoms with Crippen molar-refractivity contribution in [2.75, 3.05) is 11.4 Å². The van der Waals surface area contributed by atoms with Crippen LogP contribution in [-0.4, -0.2) is 24.5 Å². The van der Waals surface area contributed by atoms with Crippen LogP contribution in [0.5, 0.6) is 0 Å². The van der Waals surface area contributed by atoms with Gasteiger partial charge in [0, 0.05) is 18.8 Å².